The Kier molecular flexibility index (Phi) is 5.56. The fourth-order valence-electron chi connectivity index (χ4n) is 6.41. The van der Waals surface area contributed by atoms with E-state index in [0.29, 0.717) is 24.0 Å². The van der Waals surface area contributed by atoms with Gasteiger partial charge in [0.2, 0.25) is 0 Å². The molecular weight excluding hydrogens is 392 g/mol. The molecule has 0 N–H and O–H groups in total. The van der Waals surface area contributed by atoms with Crippen LogP contribution in [-0.4, -0.2) is 52.3 Å². The quantitative estimate of drug-likeness (QED) is 0.294. The number of carbonyl (C=O) groups excluding carboxylic acids is 4. The summed E-state index contributed by atoms with van der Waals surface area (Å²) in [5.41, 5.74) is -1.59. The van der Waals surface area contributed by atoms with Gasteiger partial charge in [-0.1, -0.05) is 24.3 Å². The molecule has 0 unspecified atom stereocenters. The second-order valence-corrected chi connectivity index (χ2v) is 8.42. The zero-order chi connectivity index (χ0) is 22.4. The number of esters is 4. The predicted molar refractivity (Wildman–Crippen MR) is 104 cm³/mol. The molecule has 0 amide bonds. The molecule has 0 aromatic carbocycles. The Morgan fingerprint density at radius 1 is 0.667 bits per heavy atom. The summed E-state index contributed by atoms with van der Waals surface area (Å²) < 4.78 is 20.0. The van der Waals surface area contributed by atoms with Gasteiger partial charge in [0.25, 0.3) is 0 Å². The van der Waals surface area contributed by atoms with E-state index in [-0.39, 0.29) is 24.7 Å². The molecule has 30 heavy (non-hydrogen) atoms. The summed E-state index contributed by atoms with van der Waals surface area (Å²) in [5, 5.41) is 0. The Labute approximate surface area is 175 Å². The molecular formula is C22H28O8. The van der Waals surface area contributed by atoms with Gasteiger partial charge in [0.15, 0.2) is 10.8 Å². The van der Waals surface area contributed by atoms with E-state index in [2.05, 4.69) is 13.2 Å². The molecule has 8 heteroatoms. The first-order chi connectivity index (χ1) is 14.2. The van der Waals surface area contributed by atoms with Crippen molar-refractivity contribution >= 4 is 23.9 Å². The zero-order valence-electron chi connectivity index (χ0n) is 17.8. The topological polar surface area (TPSA) is 105 Å². The van der Waals surface area contributed by atoms with E-state index in [0.717, 1.165) is 0 Å². The summed E-state index contributed by atoms with van der Waals surface area (Å²) >= 11 is 0. The summed E-state index contributed by atoms with van der Waals surface area (Å²) in [4.78, 5) is 51.2. The first-order valence-electron chi connectivity index (χ1n) is 9.86. The molecule has 0 aliphatic heterocycles. The second kappa shape index (κ2) is 7.56. The highest BCUT2D eigenvalue weighted by Crippen LogP contribution is 2.67. The highest BCUT2D eigenvalue weighted by molar-refractivity contribution is 6.03. The molecule has 0 bridgehead atoms. The van der Waals surface area contributed by atoms with Gasteiger partial charge in [-0.3, -0.25) is 19.2 Å². The van der Waals surface area contributed by atoms with E-state index in [4.69, 9.17) is 18.9 Å². The predicted octanol–water partition coefficient (Wildman–Crippen LogP) is 1.83. The van der Waals surface area contributed by atoms with Crippen LogP contribution in [0.4, 0.5) is 0 Å². The van der Waals surface area contributed by atoms with E-state index >= 15 is 0 Å². The Morgan fingerprint density at radius 3 is 1.17 bits per heavy atom. The summed E-state index contributed by atoms with van der Waals surface area (Å²) in [5.74, 6) is -4.09. The van der Waals surface area contributed by atoms with Crippen molar-refractivity contribution in [3.63, 3.8) is 0 Å². The molecule has 8 nitrogen and oxygen atoms in total. The lowest BCUT2D eigenvalue weighted by Crippen LogP contribution is -2.51. The van der Waals surface area contributed by atoms with E-state index in [1.54, 1.807) is 0 Å². The Hall–Kier alpha value is -2.64. The van der Waals surface area contributed by atoms with Gasteiger partial charge in [0, 0.05) is 0 Å². The van der Waals surface area contributed by atoms with E-state index in [9.17, 15) is 19.2 Å². The van der Waals surface area contributed by atoms with Crippen molar-refractivity contribution in [1.29, 1.82) is 0 Å². The van der Waals surface area contributed by atoms with Crippen LogP contribution in [0.3, 0.4) is 0 Å². The molecule has 4 atom stereocenters. The molecule has 0 radical (unpaired) electrons. The third-order valence-electron chi connectivity index (χ3n) is 7.46. The number of carbonyl (C=O) groups is 4. The minimum absolute atomic E-state index is 0.0988. The number of allylic oxidation sites excluding steroid dienone is 2. The molecule has 3 fully saturated rings. The molecule has 3 aliphatic carbocycles. The van der Waals surface area contributed by atoms with Crippen molar-refractivity contribution < 1.29 is 38.1 Å². The standard InChI is InChI=1S/C22H28O8/c1-11-9-21(17(23)27-3,18(24)28-4)13-7-8-14-16(15(11)13)12(2)10-22(14,19(25)29-5)20(26)30-6/h13-16H,1-2,7-10H2,3-6H3/t13-,14+,15-,16+. The fraction of sp³-hybridized carbons (Fsp3) is 0.636. The molecule has 0 spiro atoms. The largest absolute Gasteiger partial charge is 0.468 e. The molecule has 3 saturated carbocycles. The highest BCUT2D eigenvalue weighted by Gasteiger charge is 2.71. The maximum absolute atomic E-state index is 12.8. The van der Waals surface area contributed by atoms with Crippen molar-refractivity contribution in [1.82, 2.24) is 0 Å². The van der Waals surface area contributed by atoms with Crippen LogP contribution in [-0.2, 0) is 38.1 Å². The van der Waals surface area contributed by atoms with Gasteiger partial charge in [0.05, 0.1) is 28.4 Å². The van der Waals surface area contributed by atoms with Crippen molar-refractivity contribution in [2.75, 3.05) is 28.4 Å². The molecule has 0 aromatic heterocycles. The van der Waals surface area contributed by atoms with Gasteiger partial charge in [0.1, 0.15) is 0 Å². The van der Waals surface area contributed by atoms with Crippen LogP contribution >= 0.6 is 0 Å². The maximum Gasteiger partial charge on any atom is 0.323 e. The zero-order valence-corrected chi connectivity index (χ0v) is 17.8. The number of methoxy groups -OCH3 is 4. The Morgan fingerprint density at radius 2 is 0.933 bits per heavy atom. The normalized spacial score (nSPS) is 30.7. The van der Waals surface area contributed by atoms with Gasteiger partial charge in [-0.25, -0.2) is 0 Å². The van der Waals surface area contributed by atoms with Crippen molar-refractivity contribution in [2.24, 2.45) is 34.5 Å². The van der Waals surface area contributed by atoms with Crippen LogP contribution in [0.2, 0.25) is 0 Å². The summed E-state index contributed by atoms with van der Waals surface area (Å²) in [7, 11) is 4.96. The first kappa shape index (κ1) is 22.1. The van der Waals surface area contributed by atoms with Gasteiger partial charge >= 0.3 is 23.9 Å². The number of ether oxygens (including phenoxy) is 4. The maximum atomic E-state index is 12.8. The third-order valence-corrected chi connectivity index (χ3v) is 7.46. The average molecular weight is 420 g/mol. The van der Waals surface area contributed by atoms with Crippen molar-refractivity contribution in [3.05, 3.63) is 24.3 Å². The minimum atomic E-state index is -1.49. The summed E-state index contributed by atoms with van der Waals surface area (Å²) in [6, 6.07) is 0. The minimum Gasteiger partial charge on any atom is -0.468 e. The van der Waals surface area contributed by atoms with Gasteiger partial charge in [-0.15, -0.1) is 0 Å². The lowest BCUT2D eigenvalue weighted by Gasteiger charge is -2.43. The Bertz CT molecular complexity index is 725. The molecule has 0 saturated heterocycles. The molecule has 0 heterocycles. The van der Waals surface area contributed by atoms with Gasteiger partial charge in [-0.2, -0.15) is 0 Å². The number of fused-ring (bicyclic) bond motifs is 3. The second-order valence-electron chi connectivity index (χ2n) is 8.42. The van der Waals surface area contributed by atoms with E-state index in [1.165, 1.54) is 28.4 Å². The molecule has 0 aromatic rings. The lowest BCUT2D eigenvalue weighted by molar-refractivity contribution is -0.179. The SMILES string of the molecule is C=C1CC(C(=O)OC)(C(=O)OC)[C@H]2CC[C@@H]3[C@@H](C(=C)CC3(C(=O)OC)C(=O)OC)[C@@H]12. The molecule has 3 rings (SSSR count). The summed E-state index contributed by atoms with van der Waals surface area (Å²) in [6.45, 7) is 8.30. The van der Waals surface area contributed by atoms with Crippen LogP contribution in [0.5, 0.6) is 0 Å². The summed E-state index contributed by atoms with van der Waals surface area (Å²) in [6.07, 6.45) is 1.03. The highest BCUT2D eigenvalue weighted by atomic mass is 16.6. The van der Waals surface area contributed by atoms with Gasteiger partial charge < -0.3 is 18.9 Å². The van der Waals surface area contributed by atoms with Gasteiger partial charge in [-0.05, 0) is 49.4 Å². The van der Waals surface area contributed by atoms with Crippen LogP contribution < -0.4 is 0 Å². The van der Waals surface area contributed by atoms with Crippen molar-refractivity contribution in [2.45, 2.75) is 25.7 Å². The van der Waals surface area contributed by atoms with Crippen LogP contribution in [0, 0.1) is 34.5 Å². The fourth-order valence-corrected chi connectivity index (χ4v) is 6.41. The monoisotopic (exact) mass is 420 g/mol. The molecule has 164 valence electrons. The molecule has 3 aliphatic rings. The number of rotatable bonds is 4. The number of hydrogen-bond donors (Lipinski definition) is 0. The van der Waals surface area contributed by atoms with Crippen molar-refractivity contribution in [3.8, 4) is 0 Å². The lowest BCUT2D eigenvalue weighted by atomic mass is 9.59. The van der Waals surface area contributed by atoms with Crippen LogP contribution in [0.25, 0.3) is 0 Å². The van der Waals surface area contributed by atoms with Crippen LogP contribution in [0.15, 0.2) is 24.3 Å². The first-order valence-corrected chi connectivity index (χ1v) is 9.86. The number of hydrogen-bond acceptors (Lipinski definition) is 8. The Balaban J connectivity index is 2.11. The van der Waals surface area contributed by atoms with E-state index in [1.807, 2.05) is 0 Å². The average Bonchev–Trinajstić information content (AvgIpc) is 3.24. The third kappa shape index (κ3) is 2.58. The van der Waals surface area contributed by atoms with E-state index < -0.39 is 46.5 Å². The van der Waals surface area contributed by atoms with Crippen LogP contribution in [0.1, 0.15) is 25.7 Å². The smallest absolute Gasteiger partial charge is 0.323 e.